The third-order valence-electron chi connectivity index (χ3n) is 3.16. The second-order valence-corrected chi connectivity index (χ2v) is 4.92. The van der Waals surface area contributed by atoms with E-state index in [4.69, 9.17) is 10.5 Å². The summed E-state index contributed by atoms with van der Waals surface area (Å²) >= 11 is 0. The lowest BCUT2D eigenvalue weighted by molar-refractivity contribution is -0.274. The van der Waals surface area contributed by atoms with Gasteiger partial charge in [0.1, 0.15) is 17.7 Å². The minimum Gasteiger partial charge on any atom is -0.483 e. The molecule has 0 aliphatic rings. The number of nitrogens with two attached hydrogens (primary N) is 1. The smallest absolute Gasteiger partial charge is 0.483 e. The van der Waals surface area contributed by atoms with Crippen molar-refractivity contribution >= 4 is 17.0 Å². The fourth-order valence-electron chi connectivity index (χ4n) is 2.11. The van der Waals surface area contributed by atoms with Gasteiger partial charge in [0.25, 0.3) is 0 Å². The Morgan fingerprint density at radius 1 is 1.17 bits per heavy atom. The van der Waals surface area contributed by atoms with Gasteiger partial charge in [0.05, 0.1) is 0 Å². The van der Waals surface area contributed by atoms with E-state index in [1.54, 1.807) is 6.92 Å². The van der Waals surface area contributed by atoms with E-state index in [9.17, 15) is 13.2 Å². The number of nitrogens with one attached hydrogen (secondary N) is 1. The summed E-state index contributed by atoms with van der Waals surface area (Å²) in [5.74, 6) is 0.285. The van der Waals surface area contributed by atoms with Crippen LogP contribution in [-0.4, -0.2) is 26.8 Å². The lowest BCUT2D eigenvalue weighted by atomic mass is 10.1. The van der Waals surface area contributed by atoms with E-state index in [0.29, 0.717) is 22.5 Å². The van der Waals surface area contributed by atoms with Crippen molar-refractivity contribution in [2.45, 2.75) is 19.4 Å². The molecule has 0 aliphatic heterocycles. The van der Waals surface area contributed by atoms with Crippen LogP contribution in [0.3, 0.4) is 0 Å². The second kappa shape index (κ2) is 5.87. The molecule has 126 valence electrons. The highest BCUT2D eigenvalue weighted by molar-refractivity contribution is 5.78. The molecule has 2 heterocycles. The van der Waals surface area contributed by atoms with Crippen LogP contribution >= 0.6 is 0 Å². The molecule has 0 saturated carbocycles. The van der Waals surface area contributed by atoms with Gasteiger partial charge >= 0.3 is 6.36 Å². The molecule has 0 saturated heterocycles. The van der Waals surface area contributed by atoms with Gasteiger partial charge in [-0.25, -0.2) is 4.98 Å². The van der Waals surface area contributed by atoms with E-state index in [-0.39, 0.29) is 11.6 Å². The number of pyridine rings is 1. The summed E-state index contributed by atoms with van der Waals surface area (Å²) in [6, 6.07) is 6.90. The van der Waals surface area contributed by atoms with Crippen molar-refractivity contribution in [2.24, 2.45) is 0 Å². The first-order chi connectivity index (χ1) is 11.3. The lowest BCUT2D eigenvalue weighted by Gasteiger charge is -2.16. The standard InChI is InChI=1S/C14H12F3N5O2/c1-7(8-2-4-9(5-3-8)24-14(15,16)17)23-10-6-11(18)19-13-12(10)20-22-21-13/h2-7H,1H3,(H3,18,19,20,21,22). The number of H-pyrrole nitrogens is 1. The largest absolute Gasteiger partial charge is 0.573 e. The lowest BCUT2D eigenvalue weighted by Crippen LogP contribution is -2.17. The molecule has 0 aliphatic carbocycles. The summed E-state index contributed by atoms with van der Waals surface area (Å²) < 4.78 is 46.1. The number of aromatic amines is 1. The maximum Gasteiger partial charge on any atom is 0.573 e. The number of alkyl halides is 3. The maximum atomic E-state index is 12.2. The summed E-state index contributed by atoms with van der Waals surface area (Å²) in [7, 11) is 0. The van der Waals surface area contributed by atoms with Gasteiger partial charge in [-0.3, -0.25) is 0 Å². The first-order valence-electron chi connectivity index (χ1n) is 6.81. The van der Waals surface area contributed by atoms with Crippen molar-refractivity contribution < 1.29 is 22.6 Å². The highest BCUT2D eigenvalue weighted by Gasteiger charge is 2.31. The van der Waals surface area contributed by atoms with Gasteiger partial charge in [-0.15, -0.1) is 18.3 Å². The number of anilines is 1. The second-order valence-electron chi connectivity index (χ2n) is 4.92. The number of hydrogen-bond donors (Lipinski definition) is 2. The maximum absolute atomic E-state index is 12.2. The van der Waals surface area contributed by atoms with Crippen LogP contribution in [0.5, 0.6) is 11.5 Å². The average molecular weight is 339 g/mol. The molecule has 1 atom stereocenters. The molecule has 1 aromatic carbocycles. The summed E-state index contributed by atoms with van der Waals surface area (Å²) in [4.78, 5) is 3.99. The number of rotatable bonds is 4. The summed E-state index contributed by atoms with van der Waals surface area (Å²) in [5, 5.41) is 10.2. The minimum absolute atomic E-state index is 0.215. The number of ether oxygens (including phenoxy) is 2. The first kappa shape index (κ1) is 15.8. The molecular formula is C14H12F3N5O2. The van der Waals surface area contributed by atoms with Crippen LogP contribution in [0.2, 0.25) is 0 Å². The van der Waals surface area contributed by atoms with Crippen LogP contribution in [0, 0.1) is 0 Å². The Bertz CT molecular complexity index is 848. The van der Waals surface area contributed by atoms with E-state index in [0.717, 1.165) is 0 Å². The van der Waals surface area contributed by atoms with E-state index in [2.05, 4.69) is 25.1 Å². The van der Waals surface area contributed by atoms with Crippen LogP contribution in [-0.2, 0) is 0 Å². The number of benzene rings is 1. The normalized spacial score (nSPS) is 13.0. The van der Waals surface area contributed by atoms with Crippen LogP contribution in [0.1, 0.15) is 18.6 Å². The van der Waals surface area contributed by atoms with E-state index in [1.165, 1.54) is 30.3 Å². The third-order valence-corrected chi connectivity index (χ3v) is 3.16. The molecule has 1 unspecified atom stereocenters. The molecule has 24 heavy (non-hydrogen) atoms. The predicted octanol–water partition coefficient (Wildman–Crippen LogP) is 2.97. The van der Waals surface area contributed by atoms with Crippen molar-refractivity contribution in [3.63, 3.8) is 0 Å². The highest BCUT2D eigenvalue weighted by Crippen LogP contribution is 2.29. The van der Waals surface area contributed by atoms with Gasteiger partial charge in [0.2, 0.25) is 5.65 Å². The molecule has 0 bridgehead atoms. The molecular weight excluding hydrogens is 327 g/mol. The van der Waals surface area contributed by atoms with Crippen molar-refractivity contribution in [3.8, 4) is 11.5 Å². The Morgan fingerprint density at radius 2 is 1.88 bits per heavy atom. The highest BCUT2D eigenvalue weighted by atomic mass is 19.4. The SMILES string of the molecule is CC(Oc1cc(N)nc2n[nH]nc12)c1ccc(OC(F)(F)F)cc1. The van der Waals surface area contributed by atoms with Crippen molar-refractivity contribution in [2.75, 3.05) is 5.73 Å². The number of nitrogen functional groups attached to an aromatic ring is 1. The molecule has 3 aromatic rings. The minimum atomic E-state index is -4.73. The zero-order valence-corrected chi connectivity index (χ0v) is 12.3. The number of halogens is 3. The predicted molar refractivity (Wildman–Crippen MR) is 78.3 cm³/mol. The molecule has 0 amide bonds. The fourth-order valence-corrected chi connectivity index (χ4v) is 2.11. The van der Waals surface area contributed by atoms with Gasteiger partial charge in [0, 0.05) is 6.07 Å². The van der Waals surface area contributed by atoms with Gasteiger partial charge in [-0.2, -0.15) is 10.3 Å². The zero-order chi connectivity index (χ0) is 17.3. The Labute approximate surface area is 133 Å². The average Bonchev–Trinajstić information content (AvgIpc) is 2.94. The third kappa shape index (κ3) is 3.47. The van der Waals surface area contributed by atoms with Gasteiger partial charge in [-0.05, 0) is 24.6 Å². The van der Waals surface area contributed by atoms with Crippen LogP contribution in [0.4, 0.5) is 19.0 Å². The summed E-state index contributed by atoms with van der Waals surface area (Å²) in [6.07, 6.45) is -5.19. The number of hydrogen-bond acceptors (Lipinski definition) is 6. The van der Waals surface area contributed by atoms with E-state index >= 15 is 0 Å². The van der Waals surface area contributed by atoms with Crippen molar-refractivity contribution in [3.05, 3.63) is 35.9 Å². The van der Waals surface area contributed by atoms with Crippen LogP contribution in [0.15, 0.2) is 30.3 Å². The van der Waals surface area contributed by atoms with Gasteiger partial charge < -0.3 is 15.2 Å². The van der Waals surface area contributed by atoms with Gasteiger partial charge in [0.15, 0.2) is 11.3 Å². The fraction of sp³-hybridized carbons (Fsp3) is 0.214. The summed E-state index contributed by atoms with van der Waals surface area (Å²) in [5.41, 5.74) is 7.05. The number of nitrogens with zero attached hydrogens (tertiary/aromatic N) is 3. The van der Waals surface area contributed by atoms with Crippen molar-refractivity contribution in [1.29, 1.82) is 0 Å². The molecule has 10 heteroatoms. The quantitative estimate of drug-likeness (QED) is 0.758. The summed E-state index contributed by atoms with van der Waals surface area (Å²) in [6.45, 7) is 1.74. The molecule has 3 N–H and O–H groups in total. The Kier molecular flexibility index (Phi) is 3.87. The van der Waals surface area contributed by atoms with Gasteiger partial charge in [-0.1, -0.05) is 12.1 Å². The number of aromatic nitrogens is 4. The molecule has 7 nitrogen and oxygen atoms in total. The Balaban J connectivity index is 1.79. The van der Waals surface area contributed by atoms with Crippen LogP contribution in [0.25, 0.3) is 11.2 Å². The topological polar surface area (TPSA) is 98.9 Å². The molecule has 2 aromatic heterocycles. The molecule has 0 radical (unpaired) electrons. The molecule has 0 spiro atoms. The Hall–Kier alpha value is -3.04. The first-order valence-corrected chi connectivity index (χ1v) is 6.81. The van der Waals surface area contributed by atoms with E-state index in [1.807, 2.05) is 0 Å². The molecule has 3 rings (SSSR count). The van der Waals surface area contributed by atoms with Crippen molar-refractivity contribution in [1.82, 2.24) is 20.4 Å². The van der Waals surface area contributed by atoms with E-state index < -0.39 is 12.5 Å². The zero-order valence-electron chi connectivity index (χ0n) is 12.3. The van der Waals surface area contributed by atoms with Crippen LogP contribution < -0.4 is 15.2 Å². The number of fused-ring (bicyclic) bond motifs is 1. The Morgan fingerprint density at radius 3 is 2.54 bits per heavy atom. The molecule has 0 fully saturated rings. The monoisotopic (exact) mass is 339 g/mol.